The first-order valence-corrected chi connectivity index (χ1v) is 5.61. The van der Waals surface area contributed by atoms with Crippen molar-refractivity contribution in [2.45, 2.75) is 12.5 Å². The number of quaternary nitrogens is 1. The Kier molecular flexibility index (Phi) is 12.4. The predicted molar refractivity (Wildman–Crippen MR) is 50.7 cm³/mol. The molecule has 6 nitrogen and oxygen atoms in total. The molecule has 0 aliphatic heterocycles. The average Bonchev–Trinajstić information content (AvgIpc) is 2.13. The Bertz CT molecular complexity index is 175. The summed E-state index contributed by atoms with van der Waals surface area (Å²) >= 11 is 0. The number of nitrogens with zero attached hydrogens (tertiary/aromatic N) is 1. The minimum Gasteiger partial charge on any atom is -0.786 e. The monoisotopic (exact) mass is 261 g/mol. The van der Waals surface area contributed by atoms with Crippen LogP contribution in [0.5, 0.6) is 0 Å². The van der Waals surface area contributed by atoms with Crippen LogP contribution in [0.1, 0.15) is 6.42 Å². The van der Waals surface area contributed by atoms with Crippen molar-refractivity contribution < 1.29 is 58.5 Å². The summed E-state index contributed by atoms with van der Waals surface area (Å²) in [6, 6.07) is 0. The number of aliphatic hydroxyl groups is 1. The summed E-state index contributed by atoms with van der Waals surface area (Å²) < 4.78 is 8.16. The molecule has 0 aliphatic carbocycles. The van der Waals surface area contributed by atoms with Crippen LogP contribution in [0, 0.1) is 6.92 Å². The summed E-state index contributed by atoms with van der Waals surface area (Å²) in [4.78, 5) is 10.5. The van der Waals surface area contributed by atoms with Gasteiger partial charge < -0.3 is 28.9 Å². The SMILES string of the molecule is [CH]CC[N+](C)(C)CC(O)COP([O-])O[O-].[Na+]. The Labute approximate surface area is 120 Å². The third-order valence-electron chi connectivity index (χ3n) is 1.87. The number of hydrogen-bond donors (Lipinski definition) is 1. The van der Waals surface area contributed by atoms with Crippen molar-refractivity contribution in [3.8, 4) is 0 Å². The molecule has 0 amide bonds. The number of rotatable bonds is 8. The molecule has 2 unspecified atom stereocenters. The second kappa shape index (κ2) is 10.1. The Morgan fingerprint density at radius 1 is 1.50 bits per heavy atom. The van der Waals surface area contributed by atoms with Gasteiger partial charge in [-0.3, -0.25) is 0 Å². The van der Waals surface area contributed by atoms with Gasteiger partial charge in [-0.2, -0.15) is 0 Å². The zero-order chi connectivity index (χ0) is 11.9. The fraction of sp³-hybridized carbons (Fsp3) is 0.875. The first kappa shape index (κ1) is 19.5. The minimum atomic E-state index is -2.66. The maximum Gasteiger partial charge on any atom is 1.00 e. The largest absolute Gasteiger partial charge is 1.00 e. The fourth-order valence-electron chi connectivity index (χ4n) is 1.23. The van der Waals surface area contributed by atoms with Gasteiger partial charge in [-0.1, -0.05) is 0 Å². The molecule has 0 aromatic carbocycles. The minimum absolute atomic E-state index is 0. The molecule has 90 valence electrons. The van der Waals surface area contributed by atoms with Crippen molar-refractivity contribution in [1.29, 1.82) is 0 Å². The Balaban J connectivity index is 0. The van der Waals surface area contributed by atoms with Gasteiger partial charge in [0.15, 0.2) is 0 Å². The first-order valence-electron chi connectivity index (χ1n) is 4.51. The van der Waals surface area contributed by atoms with E-state index in [1.807, 2.05) is 14.1 Å². The molecule has 0 aromatic heterocycles. The van der Waals surface area contributed by atoms with Crippen LogP contribution in [-0.2, 0) is 9.20 Å². The van der Waals surface area contributed by atoms with Crippen molar-refractivity contribution in [2.75, 3.05) is 33.8 Å². The fourth-order valence-corrected chi connectivity index (χ4v) is 1.57. The molecular weight excluding hydrogens is 244 g/mol. The summed E-state index contributed by atoms with van der Waals surface area (Å²) in [5.74, 6) is 0. The zero-order valence-electron chi connectivity index (χ0n) is 9.96. The third kappa shape index (κ3) is 10.4. The van der Waals surface area contributed by atoms with Gasteiger partial charge in [-0.25, -0.2) is 0 Å². The van der Waals surface area contributed by atoms with Crippen LogP contribution < -0.4 is 39.7 Å². The third-order valence-corrected chi connectivity index (χ3v) is 2.35. The van der Waals surface area contributed by atoms with Gasteiger partial charge in [-0.15, -0.1) is 0 Å². The van der Waals surface area contributed by atoms with E-state index in [0.717, 1.165) is 0 Å². The van der Waals surface area contributed by atoms with Gasteiger partial charge in [0.2, 0.25) is 0 Å². The molecule has 0 aliphatic rings. The van der Waals surface area contributed by atoms with Crippen molar-refractivity contribution in [1.82, 2.24) is 0 Å². The molecular formula is C8H17NNaO5P. The van der Waals surface area contributed by atoms with Gasteiger partial charge in [0, 0.05) is 0 Å². The molecule has 2 atom stereocenters. The van der Waals surface area contributed by atoms with E-state index in [4.69, 9.17) is 6.92 Å². The van der Waals surface area contributed by atoms with Gasteiger partial charge in [-0.05, 0) is 13.3 Å². The molecule has 0 aromatic rings. The topological polar surface area (TPSA) is 84.8 Å². The van der Waals surface area contributed by atoms with Crippen molar-refractivity contribution in [2.24, 2.45) is 0 Å². The molecule has 16 heavy (non-hydrogen) atoms. The molecule has 0 saturated carbocycles. The summed E-state index contributed by atoms with van der Waals surface area (Å²) in [7, 11) is 1.15. The van der Waals surface area contributed by atoms with Crippen LogP contribution in [0.4, 0.5) is 0 Å². The van der Waals surface area contributed by atoms with E-state index in [-0.39, 0.29) is 36.2 Å². The molecule has 2 radical (unpaired) electrons. The van der Waals surface area contributed by atoms with E-state index in [1.54, 1.807) is 0 Å². The zero-order valence-corrected chi connectivity index (χ0v) is 12.9. The van der Waals surface area contributed by atoms with E-state index in [1.165, 1.54) is 0 Å². The number of aliphatic hydroxyl groups excluding tert-OH is 1. The van der Waals surface area contributed by atoms with Crippen LogP contribution in [0.3, 0.4) is 0 Å². The normalized spacial score (nSPS) is 15.4. The van der Waals surface area contributed by atoms with Gasteiger partial charge in [0.05, 0.1) is 35.8 Å². The second-order valence-corrected chi connectivity index (χ2v) is 4.73. The maximum absolute atomic E-state index is 10.5. The quantitative estimate of drug-likeness (QED) is 0.156. The maximum atomic E-state index is 10.5. The predicted octanol–water partition coefficient (Wildman–Crippen LogP) is -4.58. The molecule has 0 rings (SSSR count). The van der Waals surface area contributed by atoms with E-state index < -0.39 is 14.7 Å². The first-order chi connectivity index (χ1) is 6.91. The van der Waals surface area contributed by atoms with Crippen molar-refractivity contribution in [3.63, 3.8) is 0 Å². The summed E-state index contributed by atoms with van der Waals surface area (Å²) in [6.07, 6.45) is -0.293. The molecule has 0 bridgehead atoms. The Hall–Kier alpha value is 1.19. The average molecular weight is 261 g/mol. The van der Waals surface area contributed by atoms with Gasteiger partial charge >= 0.3 is 29.6 Å². The van der Waals surface area contributed by atoms with E-state index >= 15 is 0 Å². The molecule has 0 spiro atoms. The van der Waals surface area contributed by atoms with E-state index in [0.29, 0.717) is 24.0 Å². The number of likely N-dealkylation sites (N-methyl/N-ethyl adjacent to an activating group) is 1. The summed E-state index contributed by atoms with van der Waals surface area (Å²) in [6.45, 7) is 6.32. The van der Waals surface area contributed by atoms with Crippen LogP contribution >= 0.6 is 8.60 Å². The Morgan fingerprint density at radius 2 is 2.06 bits per heavy atom. The van der Waals surface area contributed by atoms with Crippen molar-refractivity contribution >= 4 is 8.60 Å². The molecule has 0 heterocycles. The summed E-state index contributed by atoms with van der Waals surface area (Å²) in [5, 5.41) is 19.1. The van der Waals surface area contributed by atoms with Gasteiger partial charge in [0.1, 0.15) is 12.6 Å². The smallest absolute Gasteiger partial charge is 0.786 e. The molecule has 1 N–H and O–H groups in total. The number of hydrogen-bond acceptors (Lipinski definition) is 5. The molecule has 0 fully saturated rings. The summed E-state index contributed by atoms with van der Waals surface area (Å²) in [5.41, 5.74) is 0. The van der Waals surface area contributed by atoms with Gasteiger partial charge in [0.25, 0.3) is 0 Å². The van der Waals surface area contributed by atoms with E-state index in [2.05, 4.69) is 9.20 Å². The van der Waals surface area contributed by atoms with Crippen LogP contribution in [-0.4, -0.2) is 49.5 Å². The molecule has 0 saturated heterocycles. The molecule has 8 heteroatoms. The van der Waals surface area contributed by atoms with Crippen molar-refractivity contribution in [3.05, 3.63) is 6.92 Å². The standard InChI is InChI=1S/C8H18NO5P.Na/c1-4-5-9(2,3)6-8(10)7-13-15(12)14-11;/h1,8,10-11H,4-7H2,2-3H3;/q;+1/p-1. The van der Waals surface area contributed by atoms with Crippen LogP contribution in [0.2, 0.25) is 0 Å². The van der Waals surface area contributed by atoms with Crippen LogP contribution in [0.25, 0.3) is 0 Å². The van der Waals surface area contributed by atoms with E-state index in [9.17, 15) is 15.3 Å². The second-order valence-electron chi connectivity index (χ2n) is 3.88. The Morgan fingerprint density at radius 3 is 2.50 bits per heavy atom. The van der Waals surface area contributed by atoms with Crippen LogP contribution in [0.15, 0.2) is 0 Å².